The summed E-state index contributed by atoms with van der Waals surface area (Å²) >= 11 is 0. The summed E-state index contributed by atoms with van der Waals surface area (Å²) in [5, 5.41) is 5.17. The van der Waals surface area contributed by atoms with Gasteiger partial charge in [-0.05, 0) is 43.7 Å². The van der Waals surface area contributed by atoms with Crippen LogP contribution < -0.4 is 20.1 Å². The Morgan fingerprint density at radius 2 is 1.70 bits per heavy atom. The summed E-state index contributed by atoms with van der Waals surface area (Å²) in [5.74, 6) is -0.473. The summed E-state index contributed by atoms with van der Waals surface area (Å²) in [6, 6.07) is 13.9. The maximum Gasteiger partial charge on any atom is 0.326 e. The molecule has 2 rings (SSSR count). The van der Waals surface area contributed by atoms with E-state index in [2.05, 4.69) is 10.6 Å². The minimum Gasteiger partial charge on any atom is -0.497 e. The number of methoxy groups -OCH3 is 1. The second kappa shape index (κ2) is 11.5. The first-order valence-corrected chi connectivity index (χ1v) is 9.54. The Morgan fingerprint density at radius 1 is 1.00 bits per heavy atom. The first-order chi connectivity index (χ1) is 14.4. The Labute approximate surface area is 175 Å². The smallest absolute Gasteiger partial charge is 0.326 e. The quantitative estimate of drug-likeness (QED) is 0.577. The standard InChI is InChI=1S/C22H26N2O6/c1-4-29-19-8-6-5-7-18(19)22(27)24-14-20(25)30-15(2)21(26)23-13-16-9-11-17(28-3)12-10-16/h5-12,15H,4,13-14H2,1-3H3,(H,23,26)(H,24,27)/t15-/m0/s1. The lowest BCUT2D eigenvalue weighted by molar-refractivity contribution is -0.153. The van der Waals surface area contributed by atoms with Gasteiger partial charge in [-0.3, -0.25) is 14.4 Å². The molecule has 2 N–H and O–H groups in total. The number of carbonyl (C=O) groups excluding carboxylic acids is 3. The van der Waals surface area contributed by atoms with Gasteiger partial charge in [0.05, 0.1) is 19.3 Å². The van der Waals surface area contributed by atoms with E-state index >= 15 is 0 Å². The molecule has 0 aromatic heterocycles. The minimum absolute atomic E-state index is 0.287. The van der Waals surface area contributed by atoms with Crippen LogP contribution in [-0.2, 0) is 20.9 Å². The van der Waals surface area contributed by atoms with Crippen LogP contribution in [0, 0.1) is 0 Å². The van der Waals surface area contributed by atoms with Crippen LogP contribution in [-0.4, -0.2) is 44.1 Å². The van der Waals surface area contributed by atoms with Crippen LogP contribution in [0.15, 0.2) is 48.5 Å². The van der Waals surface area contributed by atoms with E-state index in [9.17, 15) is 14.4 Å². The molecule has 30 heavy (non-hydrogen) atoms. The first-order valence-electron chi connectivity index (χ1n) is 9.54. The van der Waals surface area contributed by atoms with Gasteiger partial charge in [-0.25, -0.2) is 0 Å². The number of para-hydroxylation sites is 1. The van der Waals surface area contributed by atoms with Crippen molar-refractivity contribution in [2.45, 2.75) is 26.5 Å². The van der Waals surface area contributed by atoms with Gasteiger partial charge in [0.15, 0.2) is 6.10 Å². The highest BCUT2D eigenvalue weighted by atomic mass is 16.5. The summed E-state index contributed by atoms with van der Waals surface area (Å²) in [6.07, 6.45) is -0.997. The van der Waals surface area contributed by atoms with Crippen LogP contribution in [0.25, 0.3) is 0 Å². The van der Waals surface area contributed by atoms with Crippen molar-refractivity contribution in [1.29, 1.82) is 0 Å². The van der Waals surface area contributed by atoms with Crippen molar-refractivity contribution in [3.8, 4) is 11.5 Å². The summed E-state index contributed by atoms with van der Waals surface area (Å²) in [7, 11) is 1.58. The van der Waals surface area contributed by atoms with Gasteiger partial charge in [-0.2, -0.15) is 0 Å². The van der Waals surface area contributed by atoms with E-state index in [1.54, 1.807) is 43.5 Å². The van der Waals surface area contributed by atoms with E-state index in [0.717, 1.165) is 11.3 Å². The van der Waals surface area contributed by atoms with Gasteiger partial charge >= 0.3 is 5.97 Å². The molecule has 2 amide bonds. The summed E-state index contributed by atoms with van der Waals surface area (Å²) in [4.78, 5) is 36.4. The molecule has 0 fully saturated rings. The molecule has 8 nitrogen and oxygen atoms in total. The molecule has 0 aliphatic carbocycles. The van der Waals surface area contributed by atoms with Crippen LogP contribution in [0.3, 0.4) is 0 Å². The Bertz CT molecular complexity index is 866. The molecule has 0 bridgehead atoms. The van der Waals surface area contributed by atoms with Crippen molar-refractivity contribution in [2.24, 2.45) is 0 Å². The van der Waals surface area contributed by atoms with Crippen molar-refractivity contribution in [1.82, 2.24) is 10.6 Å². The average molecular weight is 414 g/mol. The minimum atomic E-state index is -0.997. The van der Waals surface area contributed by atoms with Gasteiger partial charge in [-0.1, -0.05) is 24.3 Å². The monoisotopic (exact) mass is 414 g/mol. The third kappa shape index (κ3) is 6.80. The van der Waals surface area contributed by atoms with E-state index in [1.165, 1.54) is 6.92 Å². The normalized spacial score (nSPS) is 11.2. The third-order valence-electron chi connectivity index (χ3n) is 4.13. The van der Waals surface area contributed by atoms with Crippen molar-refractivity contribution in [3.63, 3.8) is 0 Å². The van der Waals surface area contributed by atoms with Crippen LogP contribution in [0.2, 0.25) is 0 Å². The first kappa shape index (κ1) is 22.7. The van der Waals surface area contributed by atoms with Gasteiger partial charge in [0.25, 0.3) is 11.8 Å². The van der Waals surface area contributed by atoms with E-state index in [4.69, 9.17) is 14.2 Å². The fourth-order valence-electron chi connectivity index (χ4n) is 2.55. The molecule has 2 aromatic carbocycles. The van der Waals surface area contributed by atoms with Gasteiger partial charge in [0.2, 0.25) is 0 Å². The second-order valence-corrected chi connectivity index (χ2v) is 6.31. The molecule has 8 heteroatoms. The largest absolute Gasteiger partial charge is 0.497 e. The van der Waals surface area contributed by atoms with Crippen molar-refractivity contribution in [3.05, 3.63) is 59.7 Å². The summed E-state index contributed by atoms with van der Waals surface area (Å²) in [6.45, 7) is 3.61. The molecule has 0 aliphatic rings. The molecular formula is C22H26N2O6. The summed E-state index contributed by atoms with van der Waals surface area (Å²) in [5.41, 5.74) is 1.19. The molecule has 0 spiro atoms. The van der Waals surface area contributed by atoms with E-state index in [-0.39, 0.29) is 13.1 Å². The molecule has 0 aliphatic heterocycles. The molecule has 0 saturated heterocycles. The van der Waals surface area contributed by atoms with Gasteiger partial charge in [-0.15, -0.1) is 0 Å². The molecule has 1 atom stereocenters. The highest BCUT2D eigenvalue weighted by Crippen LogP contribution is 2.17. The lowest BCUT2D eigenvalue weighted by Gasteiger charge is -2.14. The second-order valence-electron chi connectivity index (χ2n) is 6.31. The average Bonchev–Trinajstić information content (AvgIpc) is 2.76. The van der Waals surface area contributed by atoms with E-state index in [1.807, 2.05) is 19.1 Å². The summed E-state index contributed by atoms with van der Waals surface area (Å²) < 4.78 is 15.6. The number of hydrogen-bond acceptors (Lipinski definition) is 6. The third-order valence-corrected chi connectivity index (χ3v) is 4.13. The lowest BCUT2D eigenvalue weighted by atomic mass is 10.2. The highest BCUT2D eigenvalue weighted by Gasteiger charge is 2.19. The molecule has 0 heterocycles. The van der Waals surface area contributed by atoms with Gasteiger partial charge in [0, 0.05) is 6.54 Å². The molecule has 160 valence electrons. The predicted molar refractivity (Wildman–Crippen MR) is 110 cm³/mol. The zero-order valence-electron chi connectivity index (χ0n) is 17.3. The SMILES string of the molecule is CCOc1ccccc1C(=O)NCC(=O)O[C@@H](C)C(=O)NCc1ccc(OC)cc1. The van der Waals surface area contributed by atoms with Crippen LogP contribution in [0.4, 0.5) is 0 Å². The maximum atomic E-state index is 12.3. The number of benzene rings is 2. The number of esters is 1. The van der Waals surface area contributed by atoms with Crippen LogP contribution >= 0.6 is 0 Å². The number of amides is 2. The lowest BCUT2D eigenvalue weighted by Crippen LogP contribution is -2.38. The number of hydrogen-bond donors (Lipinski definition) is 2. The number of rotatable bonds is 10. The van der Waals surface area contributed by atoms with Gasteiger partial charge in [0.1, 0.15) is 18.0 Å². The Kier molecular flexibility index (Phi) is 8.68. The number of ether oxygens (including phenoxy) is 3. The topological polar surface area (TPSA) is 103 Å². The number of carbonyl (C=O) groups is 3. The van der Waals surface area contributed by atoms with Crippen LogP contribution in [0.5, 0.6) is 11.5 Å². The Morgan fingerprint density at radius 3 is 2.37 bits per heavy atom. The maximum absolute atomic E-state index is 12.3. The molecular weight excluding hydrogens is 388 g/mol. The number of nitrogens with one attached hydrogen (secondary N) is 2. The zero-order valence-corrected chi connectivity index (χ0v) is 17.3. The van der Waals surface area contributed by atoms with Gasteiger partial charge < -0.3 is 24.8 Å². The fraction of sp³-hybridized carbons (Fsp3) is 0.318. The fourth-order valence-corrected chi connectivity index (χ4v) is 2.55. The Balaban J connectivity index is 1.78. The highest BCUT2D eigenvalue weighted by molar-refractivity contribution is 5.98. The molecule has 0 saturated carbocycles. The predicted octanol–water partition coefficient (Wildman–Crippen LogP) is 2.07. The van der Waals surface area contributed by atoms with E-state index in [0.29, 0.717) is 17.9 Å². The van der Waals surface area contributed by atoms with Crippen molar-refractivity contribution < 1.29 is 28.6 Å². The molecule has 0 radical (unpaired) electrons. The molecule has 0 unspecified atom stereocenters. The zero-order chi connectivity index (χ0) is 21.9. The van der Waals surface area contributed by atoms with Crippen molar-refractivity contribution in [2.75, 3.05) is 20.3 Å². The Hall–Kier alpha value is -3.55. The van der Waals surface area contributed by atoms with Crippen molar-refractivity contribution >= 4 is 17.8 Å². The van der Waals surface area contributed by atoms with E-state index < -0.39 is 23.9 Å². The van der Waals surface area contributed by atoms with Crippen LogP contribution in [0.1, 0.15) is 29.8 Å². The molecule has 2 aromatic rings.